The molecule has 0 radical (unpaired) electrons. The van der Waals surface area contributed by atoms with Gasteiger partial charge in [0.25, 0.3) is 0 Å². The van der Waals surface area contributed by atoms with Crippen LogP contribution in [0.1, 0.15) is 35.4 Å². The summed E-state index contributed by atoms with van der Waals surface area (Å²) in [5.41, 5.74) is 5.25. The lowest BCUT2D eigenvalue weighted by molar-refractivity contribution is 0.632. The van der Waals surface area contributed by atoms with Crippen LogP contribution < -0.4 is 0 Å². The topological polar surface area (TPSA) is 61.4 Å². The van der Waals surface area contributed by atoms with E-state index in [-0.39, 0.29) is 0 Å². The molecule has 0 aliphatic heterocycles. The van der Waals surface area contributed by atoms with Crippen molar-refractivity contribution in [3.05, 3.63) is 88.4 Å². The van der Waals surface area contributed by atoms with Gasteiger partial charge in [0, 0.05) is 11.4 Å². The molecule has 31 heavy (non-hydrogen) atoms. The Labute approximate surface area is 190 Å². The highest BCUT2D eigenvalue weighted by Gasteiger charge is 2.14. The fourth-order valence-electron chi connectivity index (χ4n) is 3.59. The minimum Gasteiger partial charge on any atom is -0.217 e. The normalized spacial score (nSPS) is 12.3. The summed E-state index contributed by atoms with van der Waals surface area (Å²) in [7, 11) is 0. The molecule has 154 valence electrons. The summed E-state index contributed by atoms with van der Waals surface area (Å²) in [5.74, 6) is 0.292. The van der Waals surface area contributed by atoms with Crippen molar-refractivity contribution in [3.8, 4) is 6.07 Å². The van der Waals surface area contributed by atoms with Crippen LogP contribution in [0.5, 0.6) is 0 Å². The molecule has 0 saturated heterocycles. The van der Waals surface area contributed by atoms with E-state index in [2.05, 4.69) is 57.7 Å². The van der Waals surface area contributed by atoms with Gasteiger partial charge in [0.05, 0.1) is 22.0 Å². The van der Waals surface area contributed by atoms with Crippen molar-refractivity contribution in [2.75, 3.05) is 0 Å². The van der Waals surface area contributed by atoms with Crippen molar-refractivity contribution in [1.82, 2.24) is 4.98 Å². The van der Waals surface area contributed by atoms with Crippen molar-refractivity contribution >= 4 is 44.0 Å². The molecule has 0 spiro atoms. The van der Waals surface area contributed by atoms with Crippen LogP contribution in [-0.4, -0.2) is 4.98 Å². The summed E-state index contributed by atoms with van der Waals surface area (Å²) in [6.07, 6.45) is 2.29. The standard InChI is InChI=1S/C25H21ClN4S/c1-17-14-20(19(8-5-13-27)15-18-6-3-2-4-7-18)9-11-22(17)29-30-25-28-23-12-10-21(26)16-24(23)31-25/h2-4,6-7,9-12,14,16,19H,5,8,15H2,1H3. The van der Waals surface area contributed by atoms with Gasteiger partial charge in [0.1, 0.15) is 0 Å². The van der Waals surface area contributed by atoms with Crippen molar-refractivity contribution in [3.63, 3.8) is 0 Å². The lowest BCUT2D eigenvalue weighted by atomic mass is 9.87. The summed E-state index contributed by atoms with van der Waals surface area (Å²) in [6.45, 7) is 2.04. The predicted octanol–water partition coefficient (Wildman–Crippen LogP) is 8.30. The van der Waals surface area contributed by atoms with Crippen molar-refractivity contribution in [2.24, 2.45) is 10.2 Å². The minimum absolute atomic E-state index is 0.292. The van der Waals surface area contributed by atoms with E-state index < -0.39 is 0 Å². The van der Waals surface area contributed by atoms with Gasteiger partial charge >= 0.3 is 0 Å². The number of nitrogens with zero attached hydrogens (tertiary/aromatic N) is 4. The van der Waals surface area contributed by atoms with Gasteiger partial charge in [-0.05, 0) is 66.6 Å². The van der Waals surface area contributed by atoms with Gasteiger partial charge in [0.15, 0.2) is 0 Å². The molecule has 1 heterocycles. The number of fused-ring (bicyclic) bond motifs is 1. The first kappa shape index (κ1) is 21.2. The van der Waals surface area contributed by atoms with Crippen molar-refractivity contribution in [2.45, 2.75) is 32.1 Å². The molecule has 1 unspecified atom stereocenters. The zero-order valence-electron chi connectivity index (χ0n) is 17.1. The first-order valence-electron chi connectivity index (χ1n) is 10.1. The Kier molecular flexibility index (Phi) is 6.71. The summed E-state index contributed by atoms with van der Waals surface area (Å²) in [6, 6.07) is 24.6. The fourth-order valence-corrected chi connectivity index (χ4v) is 4.66. The highest BCUT2D eigenvalue weighted by Crippen LogP contribution is 2.33. The average molecular weight is 445 g/mol. The van der Waals surface area contributed by atoms with Gasteiger partial charge in [-0.2, -0.15) is 5.26 Å². The first-order chi connectivity index (χ1) is 15.1. The molecule has 0 amide bonds. The van der Waals surface area contributed by atoms with Crippen LogP contribution in [0.15, 0.2) is 77.0 Å². The monoisotopic (exact) mass is 444 g/mol. The highest BCUT2D eigenvalue weighted by molar-refractivity contribution is 7.21. The Hall–Kier alpha value is -3.07. The SMILES string of the molecule is Cc1cc(C(CCC#N)Cc2ccccc2)ccc1N=Nc1nc2ccc(Cl)cc2s1. The molecular formula is C25H21ClN4S. The second-order valence-electron chi connectivity index (χ2n) is 7.44. The number of halogens is 1. The molecule has 1 aromatic heterocycles. The van der Waals surface area contributed by atoms with E-state index in [9.17, 15) is 0 Å². The van der Waals surface area contributed by atoms with Crippen LogP contribution in [0.25, 0.3) is 10.2 Å². The molecule has 0 saturated carbocycles. The van der Waals surface area contributed by atoms with Crippen LogP contribution in [-0.2, 0) is 6.42 Å². The Morgan fingerprint density at radius 3 is 2.68 bits per heavy atom. The van der Waals surface area contributed by atoms with Gasteiger partial charge in [-0.15, -0.1) is 10.2 Å². The third-order valence-electron chi connectivity index (χ3n) is 5.20. The Morgan fingerprint density at radius 2 is 1.90 bits per heavy atom. The van der Waals surface area contributed by atoms with Crippen LogP contribution in [0, 0.1) is 18.3 Å². The van der Waals surface area contributed by atoms with E-state index in [1.165, 1.54) is 22.5 Å². The summed E-state index contributed by atoms with van der Waals surface area (Å²) in [4.78, 5) is 4.49. The largest absolute Gasteiger partial charge is 0.231 e. The zero-order valence-corrected chi connectivity index (χ0v) is 18.7. The van der Waals surface area contributed by atoms with Crippen LogP contribution in [0.3, 0.4) is 0 Å². The van der Waals surface area contributed by atoms with Gasteiger partial charge in [-0.1, -0.05) is 65.4 Å². The summed E-state index contributed by atoms with van der Waals surface area (Å²) in [5, 5.41) is 19.1. The van der Waals surface area contributed by atoms with Gasteiger partial charge in [0.2, 0.25) is 5.13 Å². The smallest absolute Gasteiger partial charge is 0.217 e. The summed E-state index contributed by atoms with van der Waals surface area (Å²) < 4.78 is 0.995. The third kappa shape index (κ3) is 5.35. The number of benzene rings is 3. The maximum Gasteiger partial charge on any atom is 0.231 e. The quantitative estimate of drug-likeness (QED) is 0.269. The molecule has 0 fully saturated rings. The summed E-state index contributed by atoms with van der Waals surface area (Å²) >= 11 is 7.52. The van der Waals surface area contributed by atoms with Crippen molar-refractivity contribution < 1.29 is 0 Å². The molecular weight excluding hydrogens is 424 g/mol. The number of nitriles is 1. The van der Waals surface area contributed by atoms with Crippen molar-refractivity contribution in [1.29, 1.82) is 5.26 Å². The number of hydrogen-bond donors (Lipinski definition) is 0. The van der Waals surface area contributed by atoms with Gasteiger partial charge in [-0.3, -0.25) is 0 Å². The fraction of sp³-hybridized carbons (Fsp3) is 0.200. The molecule has 1 atom stereocenters. The van der Waals surface area contributed by atoms with Gasteiger partial charge in [-0.25, -0.2) is 4.98 Å². The van der Waals surface area contributed by atoms with Crippen LogP contribution >= 0.6 is 22.9 Å². The number of aromatic nitrogens is 1. The number of azo groups is 1. The molecule has 0 aliphatic carbocycles. The maximum absolute atomic E-state index is 9.08. The molecule has 4 nitrogen and oxygen atoms in total. The second kappa shape index (κ2) is 9.82. The molecule has 3 aromatic carbocycles. The zero-order chi connectivity index (χ0) is 21.6. The van der Waals surface area contributed by atoms with Gasteiger partial charge < -0.3 is 0 Å². The molecule has 0 N–H and O–H groups in total. The van der Waals surface area contributed by atoms with Crippen LogP contribution in [0.2, 0.25) is 5.02 Å². The van der Waals surface area contributed by atoms with E-state index in [0.717, 1.165) is 34.3 Å². The predicted molar refractivity (Wildman–Crippen MR) is 128 cm³/mol. The molecule has 0 bridgehead atoms. The van der Waals surface area contributed by atoms with E-state index in [0.29, 0.717) is 22.5 Å². The number of hydrogen-bond acceptors (Lipinski definition) is 5. The molecule has 4 aromatic rings. The average Bonchev–Trinajstić information content (AvgIpc) is 3.18. The maximum atomic E-state index is 9.08. The third-order valence-corrected chi connectivity index (χ3v) is 6.34. The van der Waals surface area contributed by atoms with E-state index in [1.807, 2.05) is 37.3 Å². The van der Waals surface area contributed by atoms with Crippen LogP contribution in [0.4, 0.5) is 10.8 Å². The molecule has 6 heteroatoms. The number of rotatable bonds is 7. The van der Waals surface area contributed by atoms with E-state index in [4.69, 9.17) is 16.9 Å². The molecule has 0 aliphatic rings. The van der Waals surface area contributed by atoms with E-state index in [1.54, 1.807) is 0 Å². The Morgan fingerprint density at radius 1 is 1.06 bits per heavy atom. The lowest BCUT2D eigenvalue weighted by Crippen LogP contribution is -2.03. The second-order valence-corrected chi connectivity index (χ2v) is 8.88. The Bertz CT molecular complexity index is 1260. The number of aryl methyl sites for hydroxylation is 1. The van der Waals surface area contributed by atoms with E-state index >= 15 is 0 Å². The Balaban J connectivity index is 1.55. The highest BCUT2D eigenvalue weighted by atomic mass is 35.5. The molecule has 4 rings (SSSR count). The minimum atomic E-state index is 0.292. The number of thiazole rings is 1. The lowest BCUT2D eigenvalue weighted by Gasteiger charge is -2.17. The first-order valence-corrected chi connectivity index (χ1v) is 11.3.